The first-order valence-corrected chi connectivity index (χ1v) is 9.24. The molecule has 1 aliphatic rings. The normalized spacial score (nSPS) is 17.8. The van der Waals surface area contributed by atoms with Crippen LogP contribution in [0.25, 0.3) is 11.3 Å². The molecule has 1 saturated heterocycles. The predicted molar refractivity (Wildman–Crippen MR) is 107 cm³/mol. The fourth-order valence-corrected chi connectivity index (χ4v) is 3.39. The van der Waals surface area contributed by atoms with Gasteiger partial charge in [0.15, 0.2) is 0 Å². The van der Waals surface area contributed by atoms with E-state index in [9.17, 15) is 0 Å². The quantitative estimate of drug-likeness (QED) is 0.755. The second-order valence-corrected chi connectivity index (χ2v) is 7.05. The molecule has 0 unspecified atom stereocenters. The molecule has 27 heavy (non-hydrogen) atoms. The standard InChI is InChI=1S/C21H25N5O/c1-25(2)18-7-5-16(6-8-18)14-26-10-11-27-15-20(26)21-23-13-19(24-21)17-4-3-9-22-12-17/h3-9,12-13,20H,10-11,14-15H2,1-2H3,(H,23,24)/t20-/m0/s1. The highest BCUT2D eigenvalue weighted by Crippen LogP contribution is 2.26. The largest absolute Gasteiger partial charge is 0.378 e. The summed E-state index contributed by atoms with van der Waals surface area (Å²) in [5.74, 6) is 0.943. The summed E-state index contributed by atoms with van der Waals surface area (Å²) in [5, 5.41) is 0. The van der Waals surface area contributed by atoms with Gasteiger partial charge in [-0.1, -0.05) is 12.1 Å². The van der Waals surface area contributed by atoms with E-state index in [1.807, 2.05) is 24.5 Å². The molecule has 3 aromatic rings. The van der Waals surface area contributed by atoms with Crippen LogP contribution in [0.5, 0.6) is 0 Å². The molecule has 6 nitrogen and oxygen atoms in total. The highest BCUT2D eigenvalue weighted by Gasteiger charge is 2.27. The zero-order valence-corrected chi connectivity index (χ0v) is 15.8. The van der Waals surface area contributed by atoms with Crippen molar-refractivity contribution in [2.45, 2.75) is 12.6 Å². The predicted octanol–water partition coefficient (Wildman–Crippen LogP) is 3.11. The number of H-pyrrole nitrogens is 1. The van der Waals surface area contributed by atoms with Crippen molar-refractivity contribution in [3.63, 3.8) is 0 Å². The molecular weight excluding hydrogens is 338 g/mol. The number of ether oxygens (including phenoxy) is 1. The third kappa shape index (κ3) is 4.02. The minimum absolute atomic E-state index is 0.123. The number of aromatic nitrogens is 3. The van der Waals surface area contributed by atoms with Crippen molar-refractivity contribution in [2.75, 3.05) is 38.8 Å². The molecule has 1 N–H and O–H groups in total. The minimum Gasteiger partial charge on any atom is -0.378 e. The smallest absolute Gasteiger partial charge is 0.126 e. The van der Waals surface area contributed by atoms with E-state index >= 15 is 0 Å². The first-order valence-electron chi connectivity index (χ1n) is 9.24. The van der Waals surface area contributed by atoms with Crippen molar-refractivity contribution in [2.24, 2.45) is 0 Å². The van der Waals surface area contributed by atoms with E-state index in [0.29, 0.717) is 6.61 Å². The Morgan fingerprint density at radius 1 is 1.19 bits per heavy atom. The van der Waals surface area contributed by atoms with Gasteiger partial charge in [-0.05, 0) is 29.8 Å². The Hall–Kier alpha value is -2.70. The number of anilines is 1. The Kier molecular flexibility index (Phi) is 5.18. The maximum absolute atomic E-state index is 5.75. The fraction of sp³-hybridized carbons (Fsp3) is 0.333. The summed E-state index contributed by atoms with van der Waals surface area (Å²) in [7, 11) is 4.12. The van der Waals surface area contributed by atoms with Crippen LogP contribution in [0.15, 0.2) is 55.0 Å². The molecule has 1 atom stereocenters. The Balaban J connectivity index is 1.52. The van der Waals surface area contributed by atoms with Gasteiger partial charge in [0.1, 0.15) is 5.82 Å². The monoisotopic (exact) mass is 363 g/mol. The number of benzene rings is 1. The summed E-state index contributed by atoms with van der Waals surface area (Å²) in [6, 6.07) is 12.8. The summed E-state index contributed by atoms with van der Waals surface area (Å²) in [4.78, 5) is 16.8. The van der Waals surface area contributed by atoms with Gasteiger partial charge in [0, 0.05) is 50.8 Å². The number of aromatic amines is 1. The van der Waals surface area contributed by atoms with E-state index in [2.05, 4.69) is 63.1 Å². The van der Waals surface area contributed by atoms with Gasteiger partial charge in [-0.3, -0.25) is 9.88 Å². The summed E-state index contributed by atoms with van der Waals surface area (Å²) in [6.45, 7) is 3.17. The lowest BCUT2D eigenvalue weighted by atomic mass is 10.1. The summed E-state index contributed by atoms with van der Waals surface area (Å²) in [6.07, 6.45) is 5.50. The summed E-state index contributed by atoms with van der Waals surface area (Å²) >= 11 is 0. The van der Waals surface area contributed by atoms with Crippen LogP contribution in [0.2, 0.25) is 0 Å². The number of pyridine rings is 1. The number of nitrogens with one attached hydrogen (secondary N) is 1. The topological polar surface area (TPSA) is 57.3 Å². The molecule has 4 rings (SSSR count). The third-order valence-electron chi connectivity index (χ3n) is 4.96. The van der Waals surface area contributed by atoms with Crippen LogP contribution in [-0.2, 0) is 11.3 Å². The second-order valence-electron chi connectivity index (χ2n) is 7.05. The maximum atomic E-state index is 5.75. The van der Waals surface area contributed by atoms with E-state index in [-0.39, 0.29) is 6.04 Å². The number of hydrogen-bond acceptors (Lipinski definition) is 5. The van der Waals surface area contributed by atoms with Gasteiger partial charge < -0.3 is 14.6 Å². The second kappa shape index (κ2) is 7.90. The van der Waals surface area contributed by atoms with Crippen LogP contribution < -0.4 is 4.90 Å². The molecule has 0 radical (unpaired) electrons. The van der Waals surface area contributed by atoms with E-state index < -0.39 is 0 Å². The van der Waals surface area contributed by atoms with E-state index in [0.717, 1.165) is 36.8 Å². The van der Waals surface area contributed by atoms with Crippen LogP contribution in [0.3, 0.4) is 0 Å². The lowest BCUT2D eigenvalue weighted by Gasteiger charge is -2.34. The molecule has 1 fully saturated rings. The summed E-state index contributed by atoms with van der Waals surface area (Å²) < 4.78 is 5.75. The number of nitrogens with zero attached hydrogens (tertiary/aromatic N) is 4. The molecular formula is C21H25N5O. The zero-order chi connectivity index (χ0) is 18.6. The number of morpholine rings is 1. The van der Waals surface area contributed by atoms with Gasteiger partial charge in [0.05, 0.1) is 31.1 Å². The van der Waals surface area contributed by atoms with Crippen molar-refractivity contribution in [1.29, 1.82) is 0 Å². The average Bonchev–Trinajstić information content (AvgIpc) is 3.19. The van der Waals surface area contributed by atoms with Gasteiger partial charge in [-0.15, -0.1) is 0 Å². The van der Waals surface area contributed by atoms with Crippen molar-refractivity contribution in [3.8, 4) is 11.3 Å². The third-order valence-corrected chi connectivity index (χ3v) is 4.96. The number of rotatable bonds is 5. The number of hydrogen-bond donors (Lipinski definition) is 1. The zero-order valence-electron chi connectivity index (χ0n) is 15.8. The molecule has 1 aliphatic heterocycles. The van der Waals surface area contributed by atoms with Gasteiger partial charge in [0.25, 0.3) is 0 Å². The number of imidazole rings is 1. The lowest BCUT2D eigenvalue weighted by molar-refractivity contribution is -0.0156. The SMILES string of the molecule is CN(C)c1ccc(CN2CCOC[C@H]2c2ncc(-c3cccnc3)[nH]2)cc1. The van der Waals surface area contributed by atoms with Crippen LogP contribution in [0.1, 0.15) is 17.4 Å². The van der Waals surface area contributed by atoms with Crippen LogP contribution >= 0.6 is 0 Å². The molecule has 3 heterocycles. The summed E-state index contributed by atoms with van der Waals surface area (Å²) in [5.41, 5.74) is 4.54. The highest BCUT2D eigenvalue weighted by atomic mass is 16.5. The molecule has 0 saturated carbocycles. The fourth-order valence-electron chi connectivity index (χ4n) is 3.39. The van der Waals surface area contributed by atoms with Crippen molar-refractivity contribution in [3.05, 3.63) is 66.4 Å². The minimum atomic E-state index is 0.123. The first kappa shape index (κ1) is 17.7. The van der Waals surface area contributed by atoms with Crippen LogP contribution in [-0.4, -0.2) is 53.7 Å². The highest BCUT2D eigenvalue weighted by molar-refractivity contribution is 5.56. The van der Waals surface area contributed by atoms with Gasteiger partial charge in [-0.2, -0.15) is 0 Å². The molecule has 0 bridgehead atoms. The van der Waals surface area contributed by atoms with E-state index in [1.165, 1.54) is 11.3 Å². The molecule has 0 amide bonds. The van der Waals surface area contributed by atoms with Crippen LogP contribution in [0, 0.1) is 0 Å². The Morgan fingerprint density at radius 2 is 2.04 bits per heavy atom. The van der Waals surface area contributed by atoms with Crippen LogP contribution in [0.4, 0.5) is 5.69 Å². The molecule has 140 valence electrons. The van der Waals surface area contributed by atoms with E-state index in [4.69, 9.17) is 4.74 Å². The average molecular weight is 363 g/mol. The molecule has 2 aromatic heterocycles. The van der Waals surface area contributed by atoms with Gasteiger partial charge in [0.2, 0.25) is 0 Å². The Morgan fingerprint density at radius 3 is 2.78 bits per heavy atom. The van der Waals surface area contributed by atoms with Crippen molar-refractivity contribution < 1.29 is 4.74 Å². The molecule has 6 heteroatoms. The lowest BCUT2D eigenvalue weighted by Crippen LogP contribution is -2.39. The van der Waals surface area contributed by atoms with Crippen molar-refractivity contribution in [1.82, 2.24) is 19.9 Å². The first-order chi connectivity index (χ1) is 13.2. The Bertz CT molecular complexity index is 860. The van der Waals surface area contributed by atoms with Gasteiger partial charge in [-0.25, -0.2) is 4.98 Å². The van der Waals surface area contributed by atoms with Crippen molar-refractivity contribution >= 4 is 5.69 Å². The molecule has 1 aromatic carbocycles. The molecule has 0 spiro atoms. The molecule has 0 aliphatic carbocycles. The maximum Gasteiger partial charge on any atom is 0.126 e. The van der Waals surface area contributed by atoms with E-state index in [1.54, 1.807) is 6.20 Å². The Labute approximate surface area is 159 Å². The van der Waals surface area contributed by atoms with Gasteiger partial charge >= 0.3 is 0 Å².